The van der Waals surface area contributed by atoms with Crippen LogP contribution in [0, 0.1) is 6.92 Å². The lowest BCUT2D eigenvalue weighted by Crippen LogP contribution is -2.08. The summed E-state index contributed by atoms with van der Waals surface area (Å²) in [4.78, 5) is 11.9. The van der Waals surface area contributed by atoms with E-state index in [1.807, 2.05) is 25.1 Å². The molecule has 0 unspecified atom stereocenters. The highest BCUT2D eigenvalue weighted by molar-refractivity contribution is 5.92. The first kappa shape index (κ1) is 13.9. The number of esters is 1. The minimum absolute atomic E-state index is 0.227. The minimum atomic E-state index is -0.227. The van der Waals surface area contributed by atoms with Gasteiger partial charge in [0.2, 0.25) is 0 Å². The molecule has 1 fully saturated rings. The van der Waals surface area contributed by atoms with Crippen molar-refractivity contribution in [2.75, 3.05) is 7.11 Å². The standard InChI is InChI=1S/C17H22O2/c1-13-7-6-10-15(16(13)17(18)19-2)12-11-14-8-4-3-5-9-14/h6-7,10-11H,3-5,8-9,12H2,1-2H3. The third-order valence-corrected chi connectivity index (χ3v) is 3.86. The highest BCUT2D eigenvalue weighted by Crippen LogP contribution is 2.24. The lowest BCUT2D eigenvalue weighted by Gasteiger charge is -2.14. The lowest BCUT2D eigenvalue weighted by molar-refractivity contribution is 0.0599. The van der Waals surface area contributed by atoms with Crippen LogP contribution in [0.4, 0.5) is 0 Å². The molecule has 0 saturated heterocycles. The molecule has 1 aromatic carbocycles. The largest absolute Gasteiger partial charge is 0.465 e. The van der Waals surface area contributed by atoms with Gasteiger partial charge < -0.3 is 4.74 Å². The molecule has 1 aromatic rings. The first-order valence-corrected chi connectivity index (χ1v) is 7.07. The topological polar surface area (TPSA) is 26.3 Å². The number of ether oxygens (including phenoxy) is 1. The van der Waals surface area contributed by atoms with E-state index in [1.54, 1.807) is 5.57 Å². The average Bonchev–Trinajstić information content (AvgIpc) is 2.45. The van der Waals surface area contributed by atoms with E-state index in [2.05, 4.69) is 6.08 Å². The van der Waals surface area contributed by atoms with Crippen molar-refractivity contribution in [2.24, 2.45) is 0 Å². The number of hydrogen-bond acceptors (Lipinski definition) is 2. The van der Waals surface area contributed by atoms with Gasteiger partial charge in [-0.05, 0) is 50.2 Å². The lowest BCUT2D eigenvalue weighted by atomic mass is 9.92. The molecule has 19 heavy (non-hydrogen) atoms. The number of carbonyl (C=O) groups is 1. The van der Waals surface area contributed by atoms with Crippen LogP contribution in [0.5, 0.6) is 0 Å². The molecule has 0 aromatic heterocycles. The number of aryl methyl sites for hydroxylation is 1. The second kappa shape index (κ2) is 6.55. The predicted molar refractivity (Wildman–Crippen MR) is 77.4 cm³/mol. The van der Waals surface area contributed by atoms with Crippen LogP contribution in [0.15, 0.2) is 29.8 Å². The number of benzene rings is 1. The van der Waals surface area contributed by atoms with Crippen LogP contribution in [-0.2, 0) is 11.2 Å². The van der Waals surface area contributed by atoms with Crippen LogP contribution in [0.2, 0.25) is 0 Å². The summed E-state index contributed by atoms with van der Waals surface area (Å²) in [5.74, 6) is -0.227. The molecule has 0 radical (unpaired) electrons. The van der Waals surface area contributed by atoms with E-state index in [-0.39, 0.29) is 5.97 Å². The Bertz CT molecular complexity index is 478. The molecular formula is C17H22O2. The van der Waals surface area contributed by atoms with Crippen LogP contribution in [0.1, 0.15) is 53.6 Å². The van der Waals surface area contributed by atoms with Crippen LogP contribution >= 0.6 is 0 Å². The van der Waals surface area contributed by atoms with Gasteiger partial charge in [-0.25, -0.2) is 4.79 Å². The van der Waals surface area contributed by atoms with E-state index in [4.69, 9.17) is 4.74 Å². The van der Waals surface area contributed by atoms with Crippen molar-refractivity contribution in [3.05, 3.63) is 46.5 Å². The summed E-state index contributed by atoms with van der Waals surface area (Å²) in [6, 6.07) is 6.00. The number of allylic oxidation sites excluding steroid dienone is 2. The maximum Gasteiger partial charge on any atom is 0.338 e. The Kier molecular flexibility index (Phi) is 4.78. The van der Waals surface area contributed by atoms with Gasteiger partial charge in [-0.1, -0.05) is 36.3 Å². The molecular weight excluding hydrogens is 236 g/mol. The molecule has 2 rings (SSSR count). The number of carbonyl (C=O) groups excluding carboxylic acids is 1. The van der Waals surface area contributed by atoms with Gasteiger partial charge in [0.1, 0.15) is 0 Å². The number of hydrogen-bond donors (Lipinski definition) is 0. The van der Waals surface area contributed by atoms with Crippen molar-refractivity contribution in [2.45, 2.75) is 45.4 Å². The monoisotopic (exact) mass is 258 g/mol. The molecule has 2 nitrogen and oxygen atoms in total. The van der Waals surface area contributed by atoms with E-state index in [9.17, 15) is 4.79 Å². The fourth-order valence-electron chi connectivity index (χ4n) is 2.76. The van der Waals surface area contributed by atoms with Crippen molar-refractivity contribution in [1.29, 1.82) is 0 Å². The summed E-state index contributed by atoms with van der Waals surface area (Å²) in [7, 11) is 1.44. The SMILES string of the molecule is COC(=O)c1c(C)cccc1CC=C1CCCCC1. The molecule has 0 bridgehead atoms. The smallest absolute Gasteiger partial charge is 0.338 e. The summed E-state index contributed by atoms with van der Waals surface area (Å²) in [6.07, 6.45) is 9.56. The zero-order valence-corrected chi connectivity index (χ0v) is 11.9. The maximum absolute atomic E-state index is 11.9. The molecule has 0 N–H and O–H groups in total. The summed E-state index contributed by atoms with van der Waals surface area (Å²) in [5.41, 5.74) is 4.34. The molecule has 0 aliphatic heterocycles. The zero-order valence-electron chi connectivity index (χ0n) is 11.9. The van der Waals surface area contributed by atoms with E-state index < -0.39 is 0 Å². The fraction of sp³-hybridized carbons (Fsp3) is 0.471. The molecule has 1 aliphatic rings. The van der Waals surface area contributed by atoms with Gasteiger partial charge in [-0.15, -0.1) is 0 Å². The first-order chi connectivity index (χ1) is 9.22. The van der Waals surface area contributed by atoms with Crippen LogP contribution < -0.4 is 0 Å². The van der Waals surface area contributed by atoms with Gasteiger partial charge in [-0.2, -0.15) is 0 Å². The van der Waals surface area contributed by atoms with Crippen molar-refractivity contribution in [3.63, 3.8) is 0 Å². The quantitative estimate of drug-likeness (QED) is 0.599. The molecule has 0 amide bonds. The Morgan fingerprint density at radius 3 is 2.68 bits per heavy atom. The molecule has 1 saturated carbocycles. The molecule has 0 heterocycles. The molecule has 2 heteroatoms. The highest BCUT2D eigenvalue weighted by atomic mass is 16.5. The van der Waals surface area contributed by atoms with Crippen LogP contribution in [-0.4, -0.2) is 13.1 Å². The van der Waals surface area contributed by atoms with Crippen molar-refractivity contribution in [1.82, 2.24) is 0 Å². The van der Waals surface area contributed by atoms with Gasteiger partial charge in [0.05, 0.1) is 12.7 Å². The van der Waals surface area contributed by atoms with Crippen LogP contribution in [0.3, 0.4) is 0 Å². The van der Waals surface area contributed by atoms with E-state index in [1.165, 1.54) is 39.2 Å². The third-order valence-electron chi connectivity index (χ3n) is 3.86. The molecule has 0 spiro atoms. The Balaban J connectivity index is 2.19. The van der Waals surface area contributed by atoms with Crippen molar-refractivity contribution < 1.29 is 9.53 Å². The zero-order chi connectivity index (χ0) is 13.7. The van der Waals surface area contributed by atoms with Gasteiger partial charge in [-0.3, -0.25) is 0 Å². The first-order valence-electron chi connectivity index (χ1n) is 7.07. The predicted octanol–water partition coefficient (Wildman–Crippen LogP) is 4.21. The fourth-order valence-corrected chi connectivity index (χ4v) is 2.76. The second-order valence-electron chi connectivity index (χ2n) is 5.23. The van der Waals surface area contributed by atoms with Crippen molar-refractivity contribution >= 4 is 5.97 Å². The summed E-state index contributed by atoms with van der Waals surface area (Å²) >= 11 is 0. The normalized spacial score (nSPS) is 15.2. The summed E-state index contributed by atoms with van der Waals surface area (Å²) in [6.45, 7) is 1.96. The second-order valence-corrected chi connectivity index (χ2v) is 5.23. The van der Waals surface area contributed by atoms with E-state index >= 15 is 0 Å². The third kappa shape index (κ3) is 3.46. The number of rotatable bonds is 3. The number of methoxy groups -OCH3 is 1. The van der Waals surface area contributed by atoms with E-state index in [0.717, 1.165) is 23.1 Å². The highest BCUT2D eigenvalue weighted by Gasteiger charge is 2.14. The summed E-state index contributed by atoms with van der Waals surface area (Å²) in [5, 5.41) is 0. The Hall–Kier alpha value is -1.57. The summed E-state index contributed by atoms with van der Waals surface area (Å²) < 4.78 is 4.89. The van der Waals surface area contributed by atoms with Gasteiger partial charge >= 0.3 is 5.97 Å². The minimum Gasteiger partial charge on any atom is -0.465 e. The van der Waals surface area contributed by atoms with Crippen molar-refractivity contribution in [3.8, 4) is 0 Å². The van der Waals surface area contributed by atoms with E-state index in [0.29, 0.717) is 0 Å². The molecule has 0 atom stereocenters. The van der Waals surface area contributed by atoms with Gasteiger partial charge in [0.25, 0.3) is 0 Å². The molecule has 102 valence electrons. The average molecular weight is 258 g/mol. The van der Waals surface area contributed by atoms with Gasteiger partial charge in [0, 0.05) is 0 Å². The Labute approximate surface area is 115 Å². The van der Waals surface area contributed by atoms with Gasteiger partial charge in [0.15, 0.2) is 0 Å². The molecule has 1 aliphatic carbocycles. The van der Waals surface area contributed by atoms with Crippen LogP contribution in [0.25, 0.3) is 0 Å². The maximum atomic E-state index is 11.9. The Morgan fingerprint density at radius 2 is 2.00 bits per heavy atom. The Morgan fingerprint density at radius 1 is 1.26 bits per heavy atom.